The molecule has 0 saturated carbocycles. The molecule has 0 bridgehead atoms. The summed E-state index contributed by atoms with van der Waals surface area (Å²) < 4.78 is 5.93. The summed E-state index contributed by atoms with van der Waals surface area (Å²) in [5.41, 5.74) is 5.96. The van der Waals surface area contributed by atoms with E-state index in [1.54, 1.807) is 0 Å². The molecule has 2 aliphatic heterocycles. The molecule has 0 aromatic rings. The number of rotatable bonds is 3. The first-order valence-corrected chi connectivity index (χ1v) is 7.32. The Morgan fingerprint density at radius 2 is 1.67 bits per heavy atom. The summed E-state index contributed by atoms with van der Waals surface area (Å²) in [7, 11) is 0. The molecule has 0 spiro atoms. The van der Waals surface area contributed by atoms with Gasteiger partial charge in [-0.15, -0.1) is 0 Å². The zero-order valence-electron chi connectivity index (χ0n) is 12.2. The van der Waals surface area contributed by atoms with Crippen molar-refractivity contribution >= 4 is 0 Å². The van der Waals surface area contributed by atoms with Crippen molar-refractivity contribution in [1.82, 2.24) is 9.80 Å². The Labute approximate surface area is 111 Å². The van der Waals surface area contributed by atoms with Gasteiger partial charge in [-0.3, -0.25) is 9.80 Å². The molecule has 2 atom stereocenters. The van der Waals surface area contributed by atoms with Crippen LogP contribution in [0.4, 0.5) is 0 Å². The van der Waals surface area contributed by atoms with E-state index in [-0.39, 0.29) is 0 Å². The van der Waals surface area contributed by atoms with Crippen molar-refractivity contribution in [3.05, 3.63) is 0 Å². The molecule has 0 amide bonds. The summed E-state index contributed by atoms with van der Waals surface area (Å²) in [6.07, 6.45) is 3.05. The van der Waals surface area contributed by atoms with Crippen molar-refractivity contribution in [3.8, 4) is 0 Å². The van der Waals surface area contributed by atoms with Gasteiger partial charge in [0, 0.05) is 44.8 Å². The highest BCUT2D eigenvalue weighted by Crippen LogP contribution is 2.21. The summed E-state index contributed by atoms with van der Waals surface area (Å²) in [5.74, 6) is 0. The van der Waals surface area contributed by atoms with Crippen molar-refractivity contribution in [1.29, 1.82) is 0 Å². The molecule has 2 rings (SSSR count). The summed E-state index contributed by atoms with van der Waals surface area (Å²) in [4.78, 5) is 5.12. The molecule has 0 radical (unpaired) electrons. The lowest BCUT2D eigenvalue weighted by Gasteiger charge is -2.42. The molecule has 2 saturated heterocycles. The minimum Gasteiger partial charge on any atom is -0.372 e. The van der Waals surface area contributed by atoms with E-state index in [0.717, 1.165) is 13.0 Å². The number of nitrogens with zero attached hydrogens (tertiary/aromatic N) is 2. The fraction of sp³-hybridized carbons (Fsp3) is 1.00. The van der Waals surface area contributed by atoms with Gasteiger partial charge >= 0.3 is 0 Å². The number of nitrogens with two attached hydrogens (primary N) is 1. The van der Waals surface area contributed by atoms with E-state index < -0.39 is 0 Å². The summed E-state index contributed by atoms with van der Waals surface area (Å²) >= 11 is 0. The minimum absolute atomic E-state index is 0.306. The zero-order chi connectivity index (χ0) is 13.2. The van der Waals surface area contributed by atoms with Crippen molar-refractivity contribution in [2.24, 2.45) is 5.73 Å². The summed E-state index contributed by atoms with van der Waals surface area (Å²) in [6, 6.07) is 0. The minimum atomic E-state index is 0.306. The first-order valence-electron chi connectivity index (χ1n) is 7.32. The second-order valence-corrected chi connectivity index (χ2v) is 6.65. The van der Waals surface area contributed by atoms with Gasteiger partial charge in [0.2, 0.25) is 0 Å². The zero-order valence-corrected chi connectivity index (χ0v) is 12.2. The fourth-order valence-corrected chi connectivity index (χ4v) is 2.98. The molecule has 18 heavy (non-hydrogen) atoms. The van der Waals surface area contributed by atoms with Crippen LogP contribution in [0, 0.1) is 0 Å². The van der Waals surface area contributed by atoms with Crippen LogP contribution < -0.4 is 5.73 Å². The Bertz CT molecular complexity index is 256. The standard InChI is InChI=1S/C14H29N3O/c1-14(2,3)17-8-6-16(7-9-17)11-13-5-4-12(10-15)18-13/h12-13H,4-11,15H2,1-3H3. The first kappa shape index (κ1) is 14.3. The number of hydrogen-bond donors (Lipinski definition) is 1. The Morgan fingerprint density at radius 1 is 1.06 bits per heavy atom. The molecule has 2 aliphatic rings. The smallest absolute Gasteiger partial charge is 0.0707 e. The summed E-state index contributed by atoms with van der Waals surface area (Å²) in [5, 5.41) is 0. The Balaban J connectivity index is 1.71. The Kier molecular flexibility index (Phi) is 4.64. The molecule has 4 nitrogen and oxygen atoms in total. The molecule has 2 fully saturated rings. The maximum absolute atomic E-state index is 5.93. The van der Waals surface area contributed by atoms with E-state index in [4.69, 9.17) is 10.5 Å². The molecule has 2 heterocycles. The number of piperazine rings is 1. The van der Waals surface area contributed by atoms with Crippen LogP contribution in [-0.4, -0.2) is 66.8 Å². The second-order valence-electron chi connectivity index (χ2n) is 6.65. The maximum atomic E-state index is 5.93. The third-order valence-electron chi connectivity index (χ3n) is 4.24. The lowest BCUT2D eigenvalue weighted by molar-refractivity contribution is 0.00405. The van der Waals surface area contributed by atoms with E-state index in [0.29, 0.717) is 24.3 Å². The van der Waals surface area contributed by atoms with E-state index in [1.165, 1.54) is 32.6 Å². The largest absolute Gasteiger partial charge is 0.372 e. The van der Waals surface area contributed by atoms with Crippen LogP contribution in [0.15, 0.2) is 0 Å². The van der Waals surface area contributed by atoms with Crippen LogP contribution in [0.2, 0.25) is 0 Å². The lowest BCUT2D eigenvalue weighted by atomic mass is 10.0. The van der Waals surface area contributed by atoms with Gasteiger partial charge in [-0.05, 0) is 33.6 Å². The molecule has 0 aliphatic carbocycles. The van der Waals surface area contributed by atoms with Crippen LogP contribution in [0.25, 0.3) is 0 Å². The quantitative estimate of drug-likeness (QED) is 0.814. The normalized spacial score (nSPS) is 32.0. The summed E-state index contributed by atoms with van der Waals surface area (Å²) in [6.45, 7) is 13.4. The van der Waals surface area contributed by atoms with Crippen molar-refractivity contribution in [3.63, 3.8) is 0 Å². The van der Waals surface area contributed by atoms with E-state index >= 15 is 0 Å². The number of ether oxygens (including phenoxy) is 1. The lowest BCUT2D eigenvalue weighted by Crippen LogP contribution is -2.54. The molecule has 2 unspecified atom stereocenters. The van der Waals surface area contributed by atoms with Crippen molar-refractivity contribution < 1.29 is 4.74 Å². The van der Waals surface area contributed by atoms with Crippen molar-refractivity contribution in [2.45, 2.75) is 51.4 Å². The molecular formula is C14H29N3O. The van der Waals surface area contributed by atoms with Gasteiger partial charge in [-0.25, -0.2) is 0 Å². The maximum Gasteiger partial charge on any atom is 0.0707 e. The third kappa shape index (κ3) is 3.67. The van der Waals surface area contributed by atoms with Gasteiger partial charge in [0.1, 0.15) is 0 Å². The van der Waals surface area contributed by atoms with Gasteiger partial charge in [0.15, 0.2) is 0 Å². The van der Waals surface area contributed by atoms with E-state index in [1.807, 2.05) is 0 Å². The highest BCUT2D eigenvalue weighted by atomic mass is 16.5. The molecule has 0 aromatic carbocycles. The Hall–Kier alpha value is -0.160. The van der Waals surface area contributed by atoms with Gasteiger partial charge < -0.3 is 10.5 Å². The molecule has 4 heteroatoms. The fourth-order valence-electron chi connectivity index (χ4n) is 2.98. The van der Waals surface area contributed by atoms with Crippen LogP contribution >= 0.6 is 0 Å². The topological polar surface area (TPSA) is 41.7 Å². The van der Waals surface area contributed by atoms with Crippen LogP contribution in [0.3, 0.4) is 0 Å². The molecular weight excluding hydrogens is 226 g/mol. The molecule has 0 aromatic heterocycles. The van der Waals surface area contributed by atoms with E-state index in [2.05, 4.69) is 30.6 Å². The SMILES string of the molecule is CC(C)(C)N1CCN(CC2CCC(CN)O2)CC1. The number of hydrogen-bond acceptors (Lipinski definition) is 4. The van der Waals surface area contributed by atoms with Gasteiger partial charge in [-0.2, -0.15) is 0 Å². The van der Waals surface area contributed by atoms with Gasteiger partial charge in [-0.1, -0.05) is 0 Å². The Morgan fingerprint density at radius 3 is 2.17 bits per heavy atom. The monoisotopic (exact) mass is 255 g/mol. The molecule has 2 N–H and O–H groups in total. The first-order chi connectivity index (χ1) is 8.49. The van der Waals surface area contributed by atoms with Gasteiger partial charge in [0.05, 0.1) is 12.2 Å². The molecule has 106 valence electrons. The van der Waals surface area contributed by atoms with Crippen LogP contribution in [0.1, 0.15) is 33.6 Å². The highest BCUT2D eigenvalue weighted by Gasteiger charge is 2.29. The average Bonchev–Trinajstić information content (AvgIpc) is 2.76. The van der Waals surface area contributed by atoms with Crippen molar-refractivity contribution in [2.75, 3.05) is 39.3 Å². The van der Waals surface area contributed by atoms with Crippen LogP contribution in [-0.2, 0) is 4.74 Å². The van der Waals surface area contributed by atoms with E-state index in [9.17, 15) is 0 Å². The van der Waals surface area contributed by atoms with Crippen LogP contribution in [0.5, 0.6) is 0 Å². The predicted octanol–water partition coefficient (Wildman–Crippen LogP) is 0.909. The predicted molar refractivity (Wildman–Crippen MR) is 74.7 cm³/mol. The van der Waals surface area contributed by atoms with Gasteiger partial charge in [0.25, 0.3) is 0 Å². The highest BCUT2D eigenvalue weighted by molar-refractivity contribution is 4.84. The third-order valence-corrected chi connectivity index (χ3v) is 4.24. The average molecular weight is 255 g/mol. The second kappa shape index (κ2) is 5.87.